The highest BCUT2D eigenvalue weighted by Crippen LogP contribution is 2.31. The fourth-order valence-corrected chi connectivity index (χ4v) is 4.74. The molecular weight excluding hydrogens is 308 g/mol. The van der Waals surface area contributed by atoms with Crippen LogP contribution in [0.25, 0.3) is 0 Å². The van der Waals surface area contributed by atoms with E-state index in [1.807, 2.05) is 0 Å². The fourth-order valence-electron chi connectivity index (χ4n) is 3.25. The van der Waals surface area contributed by atoms with Crippen molar-refractivity contribution in [2.45, 2.75) is 51.0 Å². The van der Waals surface area contributed by atoms with Gasteiger partial charge in [0.15, 0.2) is 0 Å². The number of halogens is 1. The molecule has 1 aromatic rings. The molecule has 1 saturated carbocycles. The third-order valence-electron chi connectivity index (χ3n) is 4.07. The molecule has 0 heterocycles. The van der Waals surface area contributed by atoms with Gasteiger partial charge in [-0.25, -0.2) is 13.1 Å². The number of hydrogen-bond acceptors (Lipinski definition) is 3. The van der Waals surface area contributed by atoms with Crippen LogP contribution in [0.1, 0.15) is 38.7 Å². The summed E-state index contributed by atoms with van der Waals surface area (Å²) in [6.45, 7) is 6.09. The number of hydrogen-bond donors (Lipinski definition) is 2. The minimum atomic E-state index is -3.56. The Kier molecular flexibility index (Phi) is 4.85. The first-order valence-corrected chi connectivity index (χ1v) is 9.13. The summed E-state index contributed by atoms with van der Waals surface area (Å²) < 4.78 is 27.9. The summed E-state index contributed by atoms with van der Waals surface area (Å²) in [4.78, 5) is 0.188. The zero-order valence-corrected chi connectivity index (χ0v) is 14.3. The zero-order chi connectivity index (χ0) is 15.8. The molecule has 0 amide bonds. The number of sulfonamides is 1. The fraction of sp³-hybridized carbons (Fsp3) is 0.600. The molecule has 2 rings (SSSR count). The smallest absolute Gasteiger partial charge is 0.240 e. The zero-order valence-electron chi connectivity index (χ0n) is 12.7. The number of rotatable bonds is 3. The quantitative estimate of drug-likeness (QED) is 0.835. The summed E-state index contributed by atoms with van der Waals surface area (Å²) in [5.41, 5.74) is 6.73. The molecule has 1 aromatic carbocycles. The molecule has 1 fully saturated rings. The van der Waals surface area contributed by atoms with Crippen LogP contribution in [-0.4, -0.2) is 14.5 Å². The van der Waals surface area contributed by atoms with Gasteiger partial charge in [-0.2, -0.15) is 0 Å². The summed E-state index contributed by atoms with van der Waals surface area (Å²) >= 11 is 5.99. The van der Waals surface area contributed by atoms with E-state index in [-0.39, 0.29) is 10.9 Å². The maximum atomic E-state index is 12.5. The van der Waals surface area contributed by atoms with E-state index in [0.29, 0.717) is 28.1 Å². The molecule has 21 heavy (non-hydrogen) atoms. The molecule has 0 bridgehead atoms. The van der Waals surface area contributed by atoms with Crippen molar-refractivity contribution < 1.29 is 8.42 Å². The lowest BCUT2D eigenvalue weighted by atomic mass is 9.81. The van der Waals surface area contributed by atoms with Crippen molar-refractivity contribution >= 4 is 27.3 Å². The van der Waals surface area contributed by atoms with Crippen molar-refractivity contribution in [1.82, 2.24) is 4.72 Å². The molecule has 6 heteroatoms. The number of benzene rings is 1. The van der Waals surface area contributed by atoms with E-state index < -0.39 is 10.0 Å². The Bertz CT molecular complexity index is 598. The standard InChI is InChI=1S/C15H23ClN2O2S/c1-9-4-10(2)6-12(5-9)18-21(19,20)13-7-11(3)15(16)14(17)8-13/h7-10,12,18H,4-6,17H2,1-3H3. The summed E-state index contributed by atoms with van der Waals surface area (Å²) in [5, 5.41) is 0.411. The third kappa shape index (κ3) is 3.90. The molecule has 118 valence electrons. The van der Waals surface area contributed by atoms with Gasteiger partial charge in [-0.05, 0) is 55.7 Å². The summed E-state index contributed by atoms with van der Waals surface area (Å²) in [6, 6.07) is 2.98. The van der Waals surface area contributed by atoms with Gasteiger partial charge in [0.25, 0.3) is 0 Å². The van der Waals surface area contributed by atoms with E-state index >= 15 is 0 Å². The van der Waals surface area contributed by atoms with E-state index in [1.54, 1.807) is 13.0 Å². The van der Waals surface area contributed by atoms with Gasteiger partial charge in [0.05, 0.1) is 15.6 Å². The Balaban J connectivity index is 2.22. The van der Waals surface area contributed by atoms with Crippen LogP contribution in [-0.2, 0) is 10.0 Å². The number of nitrogens with one attached hydrogen (secondary N) is 1. The SMILES string of the molecule is Cc1cc(S(=O)(=O)NC2CC(C)CC(C)C2)cc(N)c1Cl. The number of anilines is 1. The molecule has 2 atom stereocenters. The van der Waals surface area contributed by atoms with Gasteiger partial charge in [-0.3, -0.25) is 0 Å². The van der Waals surface area contributed by atoms with E-state index in [2.05, 4.69) is 18.6 Å². The van der Waals surface area contributed by atoms with Gasteiger partial charge >= 0.3 is 0 Å². The third-order valence-corrected chi connectivity index (χ3v) is 6.08. The molecule has 1 aliphatic carbocycles. The predicted octanol–water partition coefficient (Wildman–Crippen LogP) is 3.33. The highest BCUT2D eigenvalue weighted by Gasteiger charge is 2.28. The molecule has 0 saturated heterocycles. The lowest BCUT2D eigenvalue weighted by molar-refractivity contribution is 0.257. The van der Waals surface area contributed by atoms with E-state index in [9.17, 15) is 8.42 Å². The Morgan fingerprint density at radius 1 is 1.19 bits per heavy atom. The Labute approximate surface area is 132 Å². The molecule has 4 nitrogen and oxygen atoms in total. The van der Waals surface area contributed by atoms with Gasteiger partial charge in [-0.15, -0.1) is 0 Å². The molecule has 2 unspecified atom stereocenters. The molecule has 1 aliphatic rings. The monoisotopic (exact) mass is 330 g/mol. The minimum absolute atomic E-state index is 0.00837. The molecule has 3 N–H and O–H groups in total. The summed E-state index contributed by atoms with van der Waals surface area (Å²) in [5.74, 6) is 1.08. The first kappa shape index (κ1) is 16.6. The second-order valence-electron chi connectivity index (χ2n) is 6.38. The van der Waals surface area contributed by atoms with Gasteiger partial charge in [0.1, 0.15) is 0 Å². The Morgan fingerprint density at radius 2 is 1.76 bits per heavy atom. The first-order valence-electron chi connectivity index (χ1n) is 7.27. The minimum Gasteiger partial charge on any atom is -0.397 e. The molecule has 0 radical (unpaired) electrons. The van der Waals surface area contributed by atoms with Crippen LogP contribution in [0.2, 0.25) is 5.02 Å². The van der Waals surface area contributed by atoms with Crippen molar-refractivity contribution in [2.75, 3.05) is 5.73 Å². The average molecular weight is 331 g/mol. The lowest BCUT2D eigenvalue weighted by Crippen LogP contribution is -2.40. The maximum Gasteiger partial charge on any atom is 0.240 e. The second-order valence-corrected chi connectivity index (χ2v) is 8.47. The number of aryl methyl sites for hydroxylation is 1. The van der Waals surface area contributed by atoms with E-state index in [1.165, 1.54) is 6.07 Å². The Hall–Kier alpha value is -0.780. The van der Waals surface area contributed by atoms with Crippen LogP contribution in [0, 0.1) is 18.8 Å². The topological polar surface area (TPSA) is 72.2 Å². The van der Waals surface area contributed by atoms with Gasteiger partial charge in [0, 0.05) is 6.04 Å². The van der Waals surface area contributed by atoms with Crippen molar-refractivity contribution in [1.29, 1.82) is 0 Å². The first-order chi connectivity index (χ1) is 9.69. The number of nitrogens with two attached hydrogens (primary N) is 1. The highest BCUT2D eigenvalue weighted by molar-refractivity contribution is 7.89. The van der Waals surface area contributed by atoms with Crippen LogP contribution < -0.4 is 10.5 Å². The van der Waals surface area contributed by atoms with Crippen LogP contribution >= 0.6 is 11.6 Å². The van der Waals surface area contributed by atoms with Crippen molar-refractivity contribution in [3.8, 4) is 0 Å². The normalized spacial score (nSPS) is 26.8. The number of nitrogen functional groups attached to an aromatic ring is 1. The van der Waals surface area contributed by atoms with Crippen molar-refractivity contribution in [3.05, 3.63) is 22.7 Å². The highest BCUT2D eigenvalue weighted by atomic mass is 35.5. The molecule has 0 aromatic heterocycles. The maximum absolute atomic E-state index is 12.5. The summed E-state index contributed by atoms with van der Waals surface area (Å²) in [7, 11) is -3.56. The van der Waals surface area contributed by atoms with Crippen LogP contribution in [0.15, 0.2) is 17.0 Å². The predicted molar refractivity (Wildman–Crippen MR) is 86.9 cm³/mol. The summed E-state index contributed by atoms with van der Waals surface area (Å²) in [6.07, 6.45) is 2.92. The van der Waals surface area contributed by atoms with Crippen molar-refractivity contribution in [3.63, 3.8) is 0 Å². The molecule has 0 spiro atoms. The lowest BCUT2D eigenvalue weighted by Gasteiger charge is -2.31. The Morgan fingerprint density at radius 3 is 2.29 bits per heavy atom. The molecular formula is C15H23ClN2O2S. The van der Waals surface area contributed by atoms with Gasteiger partial charge < -0.3 is 5.73 Å². The average Bonchev–Trinajstić information content (AvgIpc) is 2.33. The van der Waals surface area contributed by atoms with Crippen LogP contribution in [0.5, 0.6) is 0 Å². The van der Waals surface area contributed by atoms with Crippen molar-refractivity contribution in [2.24, 2.45) is 11.8 Å². The van der Waals surface area contributed by atoms with Crippen LogP contribution in [0.3, 0.4) is 0 Å². The second kappa shape index (κ2) is 6.15. The van der Waals surface area contributed by atoms with Gasteiger partial charge in [-0.1, -0.05) is 25.4 Å². The largest absolute Gasteiger partial charge is 0.397 e. The van der Waals surface area contributed by atoms with E-state index in [4.69, 9.17) is 17.3 Å². The van der Waals surface area contributed by atoms with Crippen LogP contribution in [0.4, 0.5) is 5.69 Å². The van der Waals surface area contributed by atoms with Gasteiger partial charge in [0.2, 0.25) is 10.0 Å². The molecule has 0 aliphatic heterocycles. The van der Waals surface area contributed by atoms with E-state index in [0.717, 1.165) is 19.3 Å².